The number of nitrogens with zero attached hydrogens (tertiary/aromatic N) is 2. The van der Waals surface area contributed by atoms with Gasteiger partial charge >= 0.3 is 6.61 Å². The second-order valence-electron chi connectivity index (χ2n) is 7.40. The Balaban J connectivity index is 1.71. The van der Waals surface area contributed by atoms with E-state index in [0.29, 0.717) is 28.2 Å². The molecule has 0 saturated carbocycles. The highest BCUT2D eigenvalue weighted by molar-refractivity contribution is 6.10. The predicted molar refractivity (Wildman–Crippen MR) is 110 cm³/mol. The van der Waals surface area contributed by atoms with Gasteiger partial charge in [0.2, 0.25) is 5.54 Å². The fourth-order valence-corrected chi connectivity index (χ4v) is 4.06. The fraction of sp³-hybridized carbons (Fsp3) is 0.130. The zero-order valence-corrected chi connectivity index (χ0v) is 16.7. The first kappa shape index (κ1) is 19.9. The first-order valence-corrected chi connectivity index (χ1v) is 9.61. The molecule has 162 valence electrons. The fourth-order valence-electron chi connectivity index (χ4n) is 4.06. The van der Waals surface area contributed by atoms with Gasteiger partial charge in [0.1, 0.15) is 23.1 Å². The number of amides is 1. The summed E-state index contributed by atoms with van der Waals surface area (Å²) in [7, 11) is 1.49. The molecule has 1 amide bonds. The number of carbonyl (C=O) groups excluding carboxylic acids is 1. The van der Waals surface area contributed by atoms with Crippen molar-refractivity contribution in [2.24, 2.45) is 10.7 Å². The van der Waals surface area contributed by atoms with Gasteiger partial charge in [0.25, 0.3) is 5.91 Å². The molecule has 1 spiro atoms. The molecular formula is C23H16F3N3O3. The highest BCUT2D eigenvalue weighted by Gasteiger charge is 2.54. The number of hydrogen-bond donors (Lipinski definition) is 1. The lowest BCUT2D eigenvalue weighted by Gasteiger charge is -2.33. The maximum Gasteiger partial charge on any atom is 0.387 e. The van der Waals surface area contributed by atoms with E-state index in [1.165, 1.54) is 42.3 Å². The van der Waals surface area contributed by atoms with Gasteiger partial charge in [-0.15, -0.1) is 0 Å². The monoisotopic (exact) mass is 439 g/mol. The van der Waals surface area contributed by atoms with Crippen LogP contribution in [0.2, 0.25) is 0 Å². The van der Waals surface area contributed by atoms with E-state index in [-0.39, 0.29) is 17.3 Å². The molecule has 3 aromatic rings. The van der Waals surface area contributed by atoms with Gasteiger partial charge in [-0.3, -0.25) is 9.69 Å². The lowest BCUT2D eigenvalue weighted by molar-refractivity contribution is -0.129. The van der Waals surface area contributed by atoms with Crippen molar-refractivity contribution in [2.75, 3.05) is 7.05 Å². The normalized spacial score (nSPS) is 19.0. The van der Waals surface area contributed by atoms with Crippen LogP contribution in [-0.2, 0) is 10.3 Å². The third kappa shape index (κ3) is 2.89. The van der Waals surface area contributed by atoms with Crippen LogP contribution in [0.15, 0.2) is 65.7 Å². The Morgan fingerprint density at radius 2 is 1.72 bits per heavy atom. The zero-order chi connectivity index (χ0) is 22.6. The Morgan fingerprint density at radius 1 is 1.03 bits per heavy atom. The first-order valence-electron chi connectivity index (χ1n) is 9.61. The van der Waals surface area contributed by atoms with Gasteiger partial charge in [-0.2, -0.15) is 8.78 Å². The summed E-state index contributed by atoms with van der Waals surface area (Å²) in [6, 6.07) is 15.1. The number of ether oxygens (including phenoxy) is 2. The molecule has 0 saturated heterocycles. The number of rotatable bonds is 3. The summed E-state index contributed by atoms with van der Waals surface area (Å²) in [5, 5.41) is 0. The van der Waals surface area contributed by atoms with Crippen LogP contribution in [0.25, 0.3) is 11.1 Å². The molecule has 2 N–H and O–H groups in total. The van der Waals surface area contributed by atoms with Crippen LogP contribution in [0.4, 0.5) is 13.2 Å². The number of halogens is 3. The van der Waals surface area contributed by atoms with Gasteiger partial charge in [0.15, 0.2) is 5.96 Å². The Bertz CT molecular complexity index is 1290. The second kappa shape index (κ2) is 7.01. The molecule has 3 aromatic carbocycles. The van der Waals surface area contributed by atoms with E-state index < -0.39 is 23.9 Å². The maximum atomic E-state index is 14.2. The summed E-state index contributed by atoms with van der Waals surface area (Å²) < 4.78 is 49.9. The van der Waals surface area contributed by atoms with Crippen LogP contribution < -0.4 is 15.2 Å². The predicted octanol–water partition coefficient (Wildman–Crippen LogP) is 4.23. The van der Waals surface area contributed by atoms with E-state index >= 15 is 0 Å². The van der Waals surface area contributed by atoms with E-state index in [1.54, 1.807) is 30.3 Å². The summed E-state index contributed by atoms with van der Waals surface area (Å²) in [5.74, 6) is -0.395. The number of carbonyl (C=O) groups is 1. The van der Waals surface area contributed by atoms with Crippen molar-refractivity contribution >= 4 is 11.9 Å². The Hall–Kier alpha value is -4.01. The van der Waals surface area contributed by atoms with Crippen molar-refractivity contribution in [1.82, 2.24) is 4.90 Å². The lowest BCUT2D eigenvalue weighted by atomic mass is 9.79. The summed E-state index contributed by atoms with van der Waals surface area (Å²) in [5.41, 5.74) is 6.11. The zero-order valence-electron chi connectivity index (χ0n) is 16.7. The van der Waals surface area contributed by atoms with Gasteiger partial charge in [-0.05, 0) is 53.6 Å². The minimum absolute atomic E-state index is 0.00691. The molecular weight excluding hydrogens is 423 g/mol. The SMILES string of the molecule is CN1C(=O)C2(N=C1N)c1cc(F)ccc1Oc1ccc(-c3cccc(OC(F)F)c3)cc12. The third-order valence-corrected chi connectivity index (χ3v) is 5.55. The molecule has 0 fully saturated rings. The molecule has 0 radical (unpaired) electrons. The van der Waals surface area contributed by atoms with Crippen molar-refractivity contribution in [3.8, 4) is 28.4 Å². The topological polar surface area (TPSA) is 77.2 Å². The van der Waals surface area contributed by atoms with E-state index in [0.717, 1.165) is 0 Å². The number of guanidine groups is 1. The molecule has 32 heavy (non-hydrogen) atoms. The molecule has 5 rings (SSSR count). The largest absolute Gasteiger partial charge is 0.457 e. The smallest absolute Gasteiger partial charge is 0.387 e. The quantitative estimate of drug-likeness (QED) is 0.663. The van der Waals surface area contributed by atoms with Crippen molar-refractivity contribution in [1.29, 1.82) is 0 Å². The van der Waals surface area contributed by atoms with Gasteiger partial charge in [0.05, 0.1) is 0 Å². The van der Waals surface area contributed by atoms with E-state index in [9.17, 15) is 18.0 Å². The van der Waals surface area contributed by atoms with Crippen molar-refractivity contribution in [3.05, 3.63) is 77.6 Å². The van der Waals surface area contributed by atoms with Gasteiger partial charge < -0.3 is 15.2 Å². The van der Waals surface area contributed by atoms with Crippen LogP contribution in [0.3, 0.4) is 0 Å². The van der Waals surface area contributed by atoms with Crippen LogP contribution in [-0.4, -0.2) is 30.4 Å². The van der Waals surface area contributed by atoms with Gasteiger partial charge in [-0.1, -0.05) is 18.2 Å². The highest BCUT2D eigenvalue weighted by Crippen LogP contribution is 2.52. The summed E-state index contributed by atoms with van der Waals surface area (Å²) in [6.07, 6.45) is 0. The Labute approximate surface area is 180 Å². The Morgan fingerprint density at radius 3 is 2.41 bits per heavy atom. The molecule has 6 nitrogen and oxygen atoms in total. The number of fused-ring (bicyclic) bond motifs is 4. The first-order chi connectivity index (χ1) is 15.3. The molecule has 0 aliphatic carbocycles. The van der Waals surface area contributed by atoms with Crippen molar-refractivity contribution < 1.29 is 27.4 Å². The van der Waals surface area contributed by atoms with E-state index in [2.05, 4.69) is 9.73 Å². The Kier molecular flexibility index (Phi) is 4.37. The molecule has 2 heterocycles. The maximum absolute atomic E-state index is 14.2. The minimum atomic E-state index is -2.96. The lowest BCUT2D eigenvalue weighted by Crippen LogP contribution is -2.42. The van der Waals surface area contributed by atoms with Crippen LogP contribution in [0.5, 0.6) is 17.2 Å². The summed E-state index contributed by atoms with van der Waals surface area (Å²) in [4.78, 5) is 19.1. The summed E-state index contributed by atoms with van der Waals surface area (Å²) in [6.45, 7) is -2.96. The minimum Gasteiger partial charge on any atom is -0.457 e. The number of likely N-dealkylation sites (N-methyl/N-ethyl adjacent to an activating group) is 1. The van der Waals surface area contributed by atoms with Crippen LogP contribution in [0, 0.1) is 5.82 Å². The van der Waals surface area contributed by atoms with Gasteiger partial charge in [-0.25, -0.2) is 9.38 Å². The van der Waals surface area contributed by atoms with Crippen LogP contribution in [0.1, 0.15) is 11.1 Å². The number of nitrogens with two attached hydrogens (primary N) is 1. The molecule has 2 aliphatic heterocycles. The number of benzene rings is 3. The molecule has 0 aromatic heterocycles. The van der Waals surface area contributed by atoms with E-state index in [1.807, 2.05) is 0 Å². The molecule has 9 heteroatoms. The average molecular weight is 439 g/mol. The number of aliphatic imine (C=N–C) groups is 1. The van der Waals surface area contributed by atoms with E-state index in [4.69, 9.17) is 10.5 Å². The van der Waals surface area contributed by atoms with Crippen LogP contribution >= 0.6 is 0 Å². The number of alkyl halides is 2. The third-order valence-electron chi connectivity index (χ3n) is 5.55. The number of hydrogen-bond acceptors (Lipinski definition) is 5. The standard InChI is InChI=1S/C23H16F3N3O3/c1-29-20(30)23(28-22(29)27)16-10-13(12-3-2-4-15(9-12)31-21(25)26)5-7-18(16)32-19-8-6-14(24)11-17(19)23/h2-11,21H,1H3,(H2,27,28). The molecule has 2 aliphatic rings. The summed E-state index contributed by atoms with van der Waals surface area (Å²) >= 11 is 0. The highest BCUT2D eigenvalue weighted by atomic mass is 19.3. The average Bonchev–Trinajstić information content (AvgIpc) is 2.99. The van der Waals surface area contributed by atoms with Gasteiger partial charge in [0, 0.05) is 18.2 Å². The second-order valence-corrected chi connectivity index (χ2v) is 7.40. The molecule has 0 bridgehead atoms. The molecule has 1 atom stereocenters. The van der Waals surface area contributed by atoms with Crippen molar-refractivity contribution in [2.45, 2.75) is 12.2 Å². The van der Waals surface area contributed by atoms with Crippen molar-refractivity contribution in [3.63, 3.8) is 0 Å². The molecule has 1 unspecified atom stereocenters.